The Morgan fingerprint density at radius 1 is 1.03 bits per heavy atom. The normalized spacial score (nSPS) is 17.1. The fraction of sp³-hybridized carbons (Fsp3) is 0.500. The molecule has 0 bridgehead atoms. The third kappa shape index (κ3) is 4.14. The van der Waals surface area contributed by atoms with E-state index in [2.05, 4.69) is 41.9 Å². The first-order chi connectivity index (χ1) is 14.8. The van der Waals surface area contributed by atoms with Gasteiger partial charge in [-0.25, -0.2) is 4.98 Å². The maximum Gasteiger partial charge on any atom is 0.254 e. The van der Waals surface area contributed by atoms with E-state index in [-0.39, 0.29) is 5.15 Å². The van der Waals surface area contributed by atoms with Crippen LogP contribution >= 0.6 is 22.9 Å². The summed E-state index contributed by atoms with van der Waals surface area (Å²) < 4.78 is 5.87. The number of hydrogen-bond acceptors (Lipinski definition) is 9. The highest BCUT2D eigenvalue weighted by Crippen LogP contribution is 2.31. The van der Waals surface area contributed by atoms with Gasteiger partial charge in [0.15, 0.2) is 22.1 Å². The Morgan fingerprint density at radius 2 is 1.87 bits per heavy atom. The highest BCUT2D eigenvalue weighted by Gasteiger charge is 2.24. The molecule has 2 saturated heterocycles. The molecule has 2 aliphatic heterocycles. The SMILES string of the molecule is Clc1nc2c(N3CCCC3)nc(N3CCNCC3)nc2nc1OCCc1ccsc1. The fourth-order valence-corrected chi connectivity index (χ4v) is 4.72. The Morgan fingerprint density at radius 3 is 2.63 bits per heavy atom. The molecule has 10 heteroatoms. The van der Waals surface area contributed by atoms with E-state index in [4.69, 9.17) is 26.3 Å². The van der Waals surface area contributed by atoms with Crippen LogP contribution in [0.15, 0.2) is 16.8 Å². The third-order valence-corrected chi connectivity index (χ3v) is 6.42. The summed E-state index contributed by atoms with van der Waals surface area (Å²) in [7, 11) is 0. The van der Waals surface area contributed by atoms with E-state index in [9.17, 15) is 0 Å². The minimum absolute atomic E-state index is 0.256. The summed E-state index contributed by atoms with van der Waals surface area (Å²) in [6, 6.07) is 2.09. The quantitative estimate of drug-likeness (QED) is 0.620. The lowest BCUT2D eigenvalue weighted by Crippen LogP contribution is -2.44. The number of rotatable bonds is 6. The Bertz CT molecular complexity index is 1000. The van der Waals surface area contributed by atoms with Crippen molar-refractivity contribution in [3.63, 3.8) is 0 Å². The second-order valence-electron chi connectivity index (χ2n) is 7.50. The average Bonchev–Trinajstić information content (AvgIpc) is 3.49. The van der Waals surface area contributed by atoms with Crippen LogP contribution in [0.25, 0.3) is 11.2 Å². The first-order valence-electron chi connectivity index (χ1n) is 10.4. The fourth-order valence-electron chi connectivity index (χ4n) is 3.83. The van der Waals surface area contributed by atoms with E-state index in [0.717, 1.165) is 64.3 Å². The van der Waals surface area contributed by atoms with E-state index in [1.807, 2.05) is 0 Å². The zero-order valence-electron chi connectivity index (χ0n) is 16.7. The minimum atomic E-state index is 0.256. The Hall–Kier alpha value is -2.23. The molecule has 5 rings (SSSR count). The third-order valence-electron chi connectivity index (χ3n) is 5.44. The van der Waals surface area contributed by atoms with Crippen molar-refractivity contribution in [3.8, 4) is 5.88 Å². The van der Waals surface area contributed by atoms with Crippen LogP contribution in [-0.4, -0.2) is 65.8 Å². The molecule has 0 saturated carbocycles. The molecular formula is C20H24ClN7OS. The van der Waals surface area contributed by atoms with E-state index in [1.165, 1.54) is 5.56 Å². The monoisotopic (exact) mass is 445 g/mol. The summed E-state index contributed by atoms with van der Waals surface area (Å²) in [6.45, 7) is 6.00. The van der Waals surface area contributed by atoms with Crippen molar-refractivity contribution in [3.05, 3.63) is 27.5 Å². The number of ether oxygens (including phenoxy) is 1. The van der Waals surface area contributed by atoms with Crippen LogP contribution in [0.5, 0.6) is 5.88 Å². The van der Waals surface area contributed by atoms with E-state index in [1.54, 1.807) is 11.3 Å². The predicted molar refractivity (Wildman–Crippen MR) is 120 cm³/mol. The van der Waals surface area contributed by atoms with Gasteiger partial charge in [-0.05, 0) is 35.2 Å². The summed E-state index contributed by atoms with van der Waals surface area (Å²) in [5.41, 5.74) is 2.42. The number of anilines is 2. The number of halogens is 1. The largest absolute Gasteiger partial charge is 0.475 e. The molecule has 0 aromatic carbocycles. The van der Waals surface area contributed by atoms with Gasteiger partial charge in [0, 0.05) is 45.7 Å². The van der Waals surface area contributed by atoms with E-state index >= 15 is 0 Å². The van der Waals surface area contributed by atoms with Crippen molar-refractivity contribution in [2.75, 3.05) is 55.7 Å². The number of fused-ring (bicyclic) bond motifs is 1. The van der Waals surface area contributed by atoms with Gasteiger partial charge in [0.25, 0.3) is 5.88 Å². The summed E-state index contributed by atoms with van der Waals surface area (Å²) in [4.78, 5) is 23.3. The zero-order valence-corrected chi connectivity index (χ0v) is 18.3. The van der Waals surface area contributed by atoms with Crippen LogP contribution in [0.3, 0.4) is 0 Å². The Kier molecular flexibility index (Phi) is 5.83. The summed E-state index contributed by atoms with van der Waals surface area (Å²) in [5.74, 6) is 1.86. The number of hydrogen-bond donors (Lipinski definition) is 1. The van der Waals surface area contributed by atoms with E-state index in [0.29, 0.717) is 29.6 Å². The summed E-state index contributed by atoms with van der Waals surface area (Å²) in [6.07, 6.45) is 3.10. The molecule has 30 heavy (non-hydrogen) atoms. The van der Waals surface area contributed by atoms with Crippen molar-refractivity contribution in [1.29, 1.82) is 0 Å². The van der Waals surface area contributed by atoms with Crippen LogP contribution in [0, 0.1) is 0 Å². The maximum absolute atomic E-state index is 6.44. The van der Waals surface area contributed by atoms with Gasteiger partial charge in [-0.3, -0.25) is 0 Å². The molecule has 0 spiro atoms. The number of thiophene rings is 1. The molecule has 0 atom stereocenters. The van der Waals surface area contributed by atoms with Gasteiger partial charge in [-0.2, -0.15) is 26.3 Å². The van der Waals surface area contributed by atoms with Crippen molar-refractivity contribution in [2.45, 2.75) is 19.3 Å². The molecule has 1 N–H and O–H groups in total. The van der Waals surface area contributed by atoms with Gasteiger partial charge in [0.2, 0.25) is 5.95 Å². The lowest BCUT2D eigenvalue weighted by Gasteiger charge is -2.28. The second-order valence-corrected chi connectivity index (χ2v) is 8.64. The van der Waals surface area contributed by atoms with Gasteiger partial charge in [-0.15, -0.1) is 0 Å². The van der Waals surface area contributed by atoms with E-state index < -0.39 is 0 Å². The second kappa shape index (κ2) is 8.87. The van der Waals surface area contributed by atoms with Crippen LogP contribution in [-0.2, 0) is 6.42 Å². The van der Waals surface area contributed by atoms with Crippen molar-refractivity contribution >= 4 is 45.9 Å². The number of nitrogens with zero attached hydrogens (tertiary/aromatic N) is 6. The lowest BCUT2D eigenvalue weighted by molar-refractivity contribution is 0.309. The highest BCUT2D eigenvalue weighted by atomic mass is 35.5. The molecule has 0 unspecified atom stereocenters. The van der Waals surface area contributed by atoms with Crippen molar-refractivity contribution in [2.24, 2.45) is 0 Å². The van der Waals surface area contributed by atoms with Crippen molar-refractivity contribution < 1.29 is 4.74 Å². The Balaban J connectivity index is 1.48. The summed E-state index contributed by atoms with van der Waals surface area (Å²) >= 11 is 8.12. The van der Waals surface area contributed by atoms with Crippen LogP contribution < -0.4 is 19.9 Å². The predicted octanol–water partition coefficient (Wildman–Crippen LogP) is 2.77. The molecule has 2 aliphatic rings. The van der Waals surface area contributed by atoms with Crippen LogP contribution in [0.1, 0.15) is 18.4 Å². The molecule has 5 heterocycles. The van der Waals surface area contributed by atoms with Crippen LogP contribution in [0.2, 0.25) is 5.15 Å². The highest BCUT2D eigenvalue weighted by molar-refractivity contribution is 7.07. The van der Waals surface area contributed by atoms with Gasteiger partial charge in [0.05, 0.1) is 6.61 Å². The number of piperazine rings is 1. The minimum Gasteiger partial charge on any atom is -0.475 e. The zero-order chi connectivity index (χ0) is 20.3. The molecular weight excluding hydrogens is 422 g/mol. The van der Waals surface area contributed by atoms with Gasteiger partial charge in [0.1, 0.15) is 0 Å². The molecule has 3 aromatic rings. The first-order valence-corrected chi connectivity index (χ1v) is 11.7. The molecule has 0 amide bonds. The number of nitrogens with one attached hydrogen (secondary N) is 1. The molecule has 3 aromatic heterocycles. The van der Waals surface area contributed by atoms with Gasteiger partial charge in [-0.1, -0.05) is 11.6 Å². The lowest BCUT2D eigenvalue weighted by atomic mass is 10.3. The molecule has 0 aliphatic carbocycles. The molecule has 8 nitrogen and oxygen atoms in total. The standard InChI is InChI=1S/C20H24ClN7OS/c21-16-19(29-11-3-14-4-12-30-13-14)24-17-15(23-16)18(27-7-1-2-8-27)26-20(25-17)28-9-5-22-6-10-28/h4,12-13,22H,1-3,5-11H2. The average molecular weight is 446 g/mol. The topological polar surface area (TPSA) is 79.3 Å². The maximum atomic E-state index is 6.44. The van der Waals surface area contributed by atoms with Gasteiger partial charge >= 0.3 is 0 Å². The Labute approximate surface area is 184 Å². The van der Waals surface area contributed by atoms with Crippen LogP contribution in [0.4, 0.5) is 11.8 Å². The number of aromatic nitrogens is 4. The smallest absolute Gasteiger partial charge is 0.254 e. The molecule has 158 valence electrons. The van der Waals surface area contributed by atoms with Crippen molar-refractivity contribution in [1.82, 2.24) is 25.3 Å². The molecule has 0 radical (unpaired) electrons. The first kappa shape index (κ1) is 19.7. The molecule has 2 fully saturated rings. The summed E-state index contributed by atoms with van der Waals surface area (Å²) in [5, 5.41) is 7.81. The van der Waals surface area contributed by atoms with Gasteiger partial charge < -0.3 is 19.9 Å².